The number of carbonyl (C=O) groups is 2. The fourth-order valence-corrected chi connectivity index (χ4v) is 4.40. The number of benzene rings is 2. The maximum absolute atomic E-state index is 13.8. The highest BCUT2D eigenvalue weighted by Crippen LogP contribution is 2.55. The highest BCUT2D eigenvalue weighted by molar-refractivity contribution is 5.82. The van der Waals surface area contributed by atoms with Gasteiger partial charge >= 0.3 is 24.4 Å². The molecule has 0 bridgehead atoms. The topological polar surface area (TPSA) is 75.6 Å². The summed E-state index contributed by atoms with van der Waals surface area (Å²) in [4.78, 5) is 24.0. The van der Waals surface area contributed by atoms with Crippen molar-refractivity contribution in [2.24, 2.45) is 5.41 Å². The smallest absolute Gasteiger partial charge is 0.407 e. The lowest BCUT2D eigenvalue weighted by Gasteiger charge is -2.41. The molecule has 0 fully saturated rings. The third kappa shape index (κ3) is 4.71. The van der Waals surface area contributed by atoms with E-state index in [0.717, 1.165) is 28.3 Å². The molecule has 0 saturated carbocycles. The Bertz CT molecular complexity index is 1050. The van der Waals surface area contributed by atoms with Crippen molar-refractivity contribution in [2.75, 3.05) is 6.61 Å². The average molecular weight is 501 g/mol. The first-order chi connectivity index (χ1) is 16.3. The van der Waals surface area contributed by atoms with Crippen LogP contribution in [0.25, 0.3) is 11.1 Å². The van der Waals surface area contributed by atoms with Crippen molar-refractivity contribution < 1.29 is 45.8 Å². The van der Waals surface area contributed by atoms with Crippen LogP contribution in [0.15, 0.2) is 61.2 Å². The van der Waals surface area contributed by atoms with Crippen LogP contribution in [0, 0.1) is 5.41 Å². The maximum Gasteiger partial charge on any atom is 0.407 e. The Morgan fingerprint density at radius 1 is 0.971 bits per heavy atom. The standard InChI is InChI=1S/C24H21F6NO4/c1-2-3-12-22(23(25,26)27,24(28,29)30)19(20(32)33)31-21(34)35-13-18-16-10-6-4-8-14(16)15-9-5-7-11-17(15)18/h2,4-11,18-19H,1,3,12-13H2,(H,31,34)(H,32,33)/t19-/m1/s1. The minimum absolute atomic E-state index is 0.427. The Morgan fingerprint density at radius 3 is 1.89 bits per heavy atom. The Labute approximate surface area is 196 Å². The van der Waals surface area contributed by atoms with Crippen molar-refractivity contribution in [3.63, 3.8) is 0 Å². The lowest BCUT2D eigenvalue weighted by Crippen LogP contribution is -2.65. The van der Waals surface area contributed by atoms with E-state index in [9.17, 15) is 41.0 Å². The fourth-order valence-electron chi connectivity index (χ4n) is 4.40. The molecule has 0 heterocycles. The van der Waals surface area contributed by atoms with Crippen LogP contribution in [0.2, 0.25) is 0 Å². The zero-order valence-corrected chi connectivity index (χ0v) is 18.1. The summed E-state index contributed by atoms with van der Waals surface area (Å²) in [6.45, 7) is 2.68. The third-order valence-electron chi connectivity index (χ3n) is 6.10. The number of rotatable bonds is 8. The molecule has 0 saturated heterocycles. The number of hydrogen-bond donors (Lipinski definition) is 2. The van der Waals surface area contributed by atoms with Crippen molar-refractivity contribution >= 4 is 12.1 Å². The molecule has 0 radical (unpaired) electrons. The molecule has 0 aromatic heterocycles. The number of allylic oxidation sites excluding steroid dienone is 1. The molecule has 11 heteroatoms. The van der Waals surface area contributed by atoms with Gasteiger partial charge in [-0.05, 0) is 35.1 Å². The van der Waals surface area contributed by atoms with Crippen molar-refractivity contribution in [3.8, 4) is 11.1 Å². The van der Waals surface area contributed by atoms with E-state index in [2.05, 4.69) is 6.58 Å². The molecule has 2 N–H and O–H groups in total. The van der Waals surface area contributed by atoms with Crippen molar-refractivity contribution in [3.05, 3.63) is 72.3 Å². The predicted octanol–water partition coefficient (Wildman–Crippen LogP) is 6.06. The highest BCUT2D eigenvalue weighted by atomic mass is 19.4. The number of alkyl carbamates (subject to hydrolysis) is 1. The Morgan fingerprint density at radius 2 is 1.46 bits per heavy atom. The largest absolute Gasteiger partial charge is 0.480 e. The molecule has 0 spiro atoms. The van der Waals surface area contributed by atoms with Gasteiger partial charge in [0.25, 0.3) is 0 Å². The van der Waals surface area contributed by atoms with Gasteiger partial charge in [0.2, 0.25) is 0 Å². The number of aliphatic carboxylic acids is 1. The molecule has 188 valence electrons. The van der Waals surface area contributed by atoms with E-state index in [0.29, 0.717) is 0 Å². The van der Waals surface area contributed by atoms with E-state index >= 15 is 0 Å². The molecule has 1 amide bonds. The van der Waals surface area contributed by atoms with Gasteiger partial charge in [-0.15, -0.1) is 6.58 Å². The van der Waals surface area contributed by atoms with E-state index in [-0.39, 0.29) is 0 Å². The van der Waals surface area contributed by atoms with Crippen LogP contribution >= 0.6 is 0 Å². The molecule has 2 aromatic rings. The van der Waals surface area contributed by atoms with Gasteiger partial charge in [-0.25, -0.2) is 9.59 Å². The first-order valence-electron chi connectivity index (χ1n) is 10.4. The van der Waals surface area contributed by atoms with Crippen molar-refractivity contribution in [1.82, 2.24) is 5.32 Å². The van der Waals surface area contributed by atoms with Gasteiger partial charge in [-0.2, -0.15) is 26.3 Å². The molecule has 1 aliphatic rings. The van der Waals surface area contributed by atoms with Crippen LogP contribution in [0.3, 0.4) is 0 Å². The number of carboxylic acid groups (broad SMARTS) is 1. The van der Waals surface area contributed by atoms with E-state index < -0.39 is 61.2 Å². The molecular formula is C24H21F6NO4. The third-order valence-corrected chi connectivity index (χ3v) is 6.10. The van der Waals surface area contributed by atoms with E-state index in [4.69, 9.17) is 4.74 Å². The SMILES string of the molecule is C=CCCC([C@H](NC(=O)OCC1c2ccccc2-c2ccccc21)C(=O)O)(C(F)(F)F)C(F)(F)F. The van der Waals surface area contributed by atoms with Gasteiger partial charge in [-0.1, -0.05) is 54.6 Å². The minimum Gasteiger partial charge on any atom is -0.480 e. The number of hydrogen-bond acceptors (Lipinski definition) is 3. The number of alkyl halides is 6. The number of ether oxygens (including phenoxy) is 1. The summed E-state index contributed by atoms with van der Waals surface area (Å²) in [6.07, 6.45) is -15.5. The van der Waals surface area contributed by atoms with E-state index in [1.165, 1.54) is 5.32 Å². The lowest BCUT2D eigenvalue weighted by molar-refractivity contribution is -0.349. The summed E-state index contributed by atoms with van der Waals surface area (Å²) in [7, 11) is 0. The van der Waals surface area contributed by atoms with Gasteiger partial charge in [0.1, 0.15) is 6.61 Å². The van der Waals surface area contributed by atoms with Crippen LogP contribution in [0.5, 0.6) is 0 Å². The van der Waals surface area contributed by atoms with Crippen LogP contribution in [-0.2, 0) is 9.53 Å². The van der Waals surface area contributed by atoms with Crippen LogP contribution in [0.4, 0.5) is 31.1 Å². The summed E-state index contributed by atoms with van der Waals surface area (Å²) in [6, 6.07) is 10.9. The van der Waals surface area contributed by atoms with Gasteiger partial charge in [0.15, 0.2) is 11.5 Å². The van der Waals surface area contributed by atoms with Crippen LogP contribution in [-0.4, -0.2) is 42.2 Å². The quantitative estimate of drug-likeness (QED) is 0.341. The first kappa shape index (κ1) is 26.1. The van der Waals surface area contributed by atoms with Crippen LogP contribution in [0.1, 0.15) is 29.9 Å². The number of fused-ring (bicyclic) bond motifs is 3. The Hall–Kier alpha value is -3.50. The van der Waals surface area contributed by atoms with Crippen LogP contribution < -0.4 is 5.32 Å². The minimum atomic E-state index is -6.05. The Kier molecular flexibility index (Phi) is 7.18. The second-order valence-electron chi connectivity index (χ2n) is 8.04. The number of carbonyl (C=O) groups excluding carboxylic acids is 1. The lowest BCUT2D eigenvalue weighted by atomic mass is 9.74. The summed E-state index contributed by atoms with van der Waals surface area (Å²) >= 11 is 0. The molecule has 1 atom stereocenters. The molecular weight excluding hydrogens is 480 g/mol. The normalized spacial score (nSPS) is 14.6. The predicted molar refractivity (Wildman–Crippen MR) is 114 cm³/mol. The number of halogens is 6. The van der Waals surface area contributed by atoms with Gasteiger partial charge < -0.3 is 15.2 Å². The summed E-state index contributed by atoms with van der Waals surface area (Å²) in [5.41, 5.74) is -1.56. The molecule has 35 heavy (non-hydrogen) atoms. The average Bonchev–Trinajstić information content (AvgIpc) is 3.09. The molecule has 5 nitrogen and oxygen atoms in total. The van der Waals surface area contributed by atoms with Gasteiger partial charge in [0.05, 0.1) is 0 Å². The molecule has 0 aliphatic heterocycles. The Balaban J connectivity index is 1.87. The van der Waals surface area contributed by atoms with Crippen molar-refractivity contribution in [2.45, 2.75) is 37.2 Å². The summed E-state index contributed by atoms with van der Waals surface area (Å²) in [5.74, 6) is -3.04. The number of carboxylic acids is 1. The number of amides is 1. The zero-order valence-electron chi connectivity index (χ0n) is 18.1. The van der Waals surface area contributed by atoms with Gasteiger partial charge in [0, 0.05) is 5.92 Å². The molecule has 0 unspecified atom stereocenters. The zero-order chi connectivity index (χ0) is 26.0. The molecule has 1 aliphatic carbocycles. The second-order valence-corrected chi connectivity index (χ2v) is 8.04. The summed E-state index contributed by atoms with van der Waals surface area (Å²) in [5, 5.41) is 10.6. The van der Waals surface area contributed by atoms with Gasteiger partial charge in [-0.3, -0.25) is 0 Å². The fraction of sp³-hybridized carbons (Fsp3) is 0.333. The molecule has 2 aromatic carbocycles. The second kappa shape index (κ2) is 9.63. The summed E-state index contributed by atoms with van der Waals surface area (Å²) < 4.78 is 87.8. The number of nitrogens with one attached hydrogen (secondary N) is 1. The maximum atomic E-state index is 13.8. The highest BCUT2D eigenvalue weighted by Gasteiger charge is 2.75. The monoisotopic (exact) mass is 501 g/mol. The van der Waals surface area contributed by atoms with Crippen molar-refractivity contribution in [1.29, 1.82) is 0 Å². The van der Waals surface area contributed by atoms with E-state index in [1.807, 2.05) is 12.1 Å². The first-order valence-corrected chi connectivity index (χ1v) is 10.4. The molecule has 3 rings (SSSR count). The van der Waals surface area contributed by atoms with E-state index in [1.54, 1.807) is 36.4 Å².